The largest absolute Gasteiger partial charge is 0.309 e. The lowest BCUT2D eigenvalue weighted by Crippen LogP contribution is -2.21. The third-order valence-corrected chi connectivity index (χ3v) is 3.21. The minimum Gasteiger partial charge on any atom is -0.309 e. The average Bonchev–Trinajstić information content (AvgIpc) is 2.83. The topological polar surface area (TPSA) is 42.7 Å². The van der Waals surface area contributed by atoms with Gasteiger partial charge in [0.15, 0.2) is 0 Å². The van der Waals surface area contributed by atoms with E-state index in [1.54, 1.807) is 10.9 Å². The van der Waals surface area contributed by atoms with E-state index in [1.165, 1.54) is 0 Å². The molecule has 0 amide bonds. The van der Waals surface area contributed by atoms with Gasteiger partial charge in [-0.15, -0.1) is 0 Å². The second-order valence-electron chi connectivity index (χ2n) is 4.06. The maximum atomic E-state index is 4.52. The summed E-state index contributed by atoms with van der Waals surface area (Å²) in [5.41, 5.74) is 2.05. The quantitative estimate of drug-likeness (QED) is 0.923. The molecule has 18 heavy (non-hydrogen) atoms. The first-order chi connectivity index (χ1) is 8.74. The molecular formula is C13H17BrN4. The lowest BCUT2D eigenvalue weighted by Gasteiger charge is -2.15. The van der Waals surface area contributed by atoms with Crippen LogP contribution in [0.3, 0.4) is 0 Å². The van der Waals surface area contributed by atoms with Crippen LogP contribution >= 0.6 is 15.9 Å². The fourth-order valence-corrected chi connectivity index (χ4v) is 2.17. The van der Waals surface area contributed by atoms with Gasteiger partial charge in [-0.3, -0.25) is 4.98 Å². The summed E-state index contributed by atoms with van der Waals surface area (Å²) in [4.78, 5) is 4.52. The summed E-state index contributed by atoms with van der Waals surface area (Å²) in [5.74, 6) is 0. The van der Waals surface area contributed by atoms with Gasteiger partial charge in [-0.2, -0.15) is 5.10 Å². The molecule has 4 nitrogen and oxygen atoms in total. The Morgan fingerprint density at radius 3 is 2.67 bits per heavy atom. The first-order valence-electron chi connectivity index (χ1n) is 6.14. The summed E-state index contributed by atoms with van der Waals surface area (Å²) >= 11 is 3.39. The van der Waals surface area contributed by atoms with Crippen LogP contribution in [0, 0.1) is 0 Å². The zero-order chi connectivity index (χ0) is 13.0. The molecule has 1 N–H and O–H groups in total. The Morgan fingerprint density at radius 2 is 2.17 bits per heavy atom. The Balaban J connectivity index is 2.19. The van der Waals surface area contributed by atoms with Crippen LogP contribution in [-0.2, 0) is 0 Å². The summed E-state index contributed by atoms with van der Waals surface area (Å²) in [6, 6.07) is 4.43. The molecule has 5 heteroatoms. The predicted molar refractivity (Wildman–Crippen MR) is 75.8 cm³/mol. The van der Waals surface area contributed by atoms with E-state index in [9.17, 15) is 0 Å². The van der Waals surface area contributed by atoms with Gasteiger partial charge in [0.25, 0.3) is 0 Å². The first-order valence-corrected chi connectivity index (χ1v) is 6.93. The van der Waals surface area contributed by atoms with Crippen molar-refractivity contribution in [3.63, 3.8) is 0 Å². The monoisotopic (exact) mass is 308 g/mol. The Labute approximate surface area is 116 Å². The Bertz CT molecular complexity index is 492. The number of nitrogens with zero attached hydrogens (tertiary/aromatic N) is 3. The van der Waals surface area contributed by atoms with Crippen molar-refractivity contribution in [3.05, 3.63) is 40.9 Å². The third-order valence-electron chi connectivity index (χ3n) is 2.80. The summed E-state index contributed by atoms with van der Waals surface area (Å²) < 4.78 is 2.76. The van der Waals surface area contributed by atoms with Gasteiger partial charge >= 0.3 is 0 Å². The van der Waals surface area contributed by atoms with Crippen LogP contribution < -0.4 is 5.32 Å². The predicted octanol–water partition coefficient (Wildman–Crippen LogP) is 3.09. The minimum absolute atomic E-state index is 0.327. The van der Waals surface area contributed by atoms with Crippen LogP contribution in [0.15, 0.2) is 35.2 Å². The van der Waals surface area contributed by atoms with Gasteiger partial charge in [0.2, 0.25) is 0 Å². The molecule has 0 radical (unpaired) electrons. The van der Waals surface area contributed by atoms with Crippen LogP contribution in [0.25, 0.3) is 5.69 Å². The molecule has 2 heterocycles. The molecule has 96 valence electrons. The molecule has 2 aromatic rings. The van der Waals surface area contributed by atoms with Gasteiger partial charge in [-0.25, -0.2) is 4.68 Å². The number of hydrogen-bond donors (Lipinski definition) is 1. The highest BCUT2D eigenvalue weighted by Crippen LogP contribution is 2.16. The van der Waals surface area contributed by atoms with Gasteiger partial charge in [-0.1, -0.05) is 13.8 Å². The molecule has 0 spiro atoms. The summed E-state index contributed by atoms with van der Waals surface area (Å²) in [7, 11) is 0. The highest BCUT2D eigenvalue weighted by molar-refractivity contribution is 9.10. The Morgan fingerprint density at radius 1 is 1.33 bits per heavy atom. The van der Waals surface area contributed by atoms with Gasteiger partial charge in [0, 0.05) is 12.2 Å². The number of nitrogens with one attached hydrogen (secondary N) is 1. The summed E-state index contributed by atoms with van der Waals surface area (Å²) in [6.07, 6.45) is 6.57. The van der Waals surface area contributed by atoms with E-state index in [2.05, 4.69) is 51.2 Å². The number of rotatable bonds is 5. The van der Waals surface area contributed by atoms with Gasteiger partial charge in [0.1, 0.15) is 0 Å². The average molecular weight is 309 g/mol. The maximum Gasteiger partial charge on any atom is 0.0829 e. The number of pyridine rings is 1. The van der Waals surface area contributed by atoms with Crippen LogP contribution in [0.1, 0.15) is 32.0 Å². The van der Waals surface area contributed by atoms with Crippen molar-refractivity contribution in [2.75, 3.05) is 6.54 Å². The Hall–Kier alpha value is -1.20. The molecule has 0 bridgehead atoms. The molecule has 0 aliphatic carbocycles. The summed E-state index contributed by atoms with van der Waals surface area (Å²) in [6.45, 7) is 5.22. The van der Waals surface area contributed by atoms with Crippen LogP contribution in [-0.4, -0.2) is 21.3 Å². The van der Waals surface area contributed by atoms with Crippen LogP contribution in [0.4, 0.5) is 0 Å². The van der Waals surface area contributed by atoms with Gasteiger partial charge < -0.3 is 5.32 Å². The smallest absolute Gasteiger partial charge is 0.0829 e. The highest BCUT2D eigenvalue weighted by atomic mass is 79.9. The normalized spacial score (nSPS) is 12.6. The Kier molecular flexibility index (Phi) is 4.49. The van der Waals surface area contributed by atoms with E-state index in [0.717, 1.165) is 28.8 Å². The van der Waals surface area contributed by atoms with Crippen molar-refractivity contribution in [1.29, 1.82) is 0 Å². The zero-order valence-electron chi connectivity index (χ0n) is 10.6. The number of hydrogen-bond acceptors (Lipinski definition) is 3. The molecule has 1 atom stereocenters. The molecule has 0 fully saturated rings. The van der Waals surface area contributed by atoms with Crippen molar-refractivity contribution in [3.8, 4) is 5.69 Å². The van der Waals surface area contributed by atoms with E-state index in [1.807, 2.05) is 18.5 Å². The fourth-order valence-electron chi connectivity index (χ4n) is 1.89. The molecule has 0 aliphatic heterocycles. The second-order valence-corrected chi connectivity index (χ2v) is 4.98. The molecule has 0 saturated heterocycles. The standard InChI is InChI=1S/C13H17BrN4/c1-3-12(15-4-2)13-6-5-11(8-16-13)18-9-10(14)7-17-18/h5-9,12,15H,3-4H2,1-2H3. The molecule has 0 aliphatic rings. The minimum atomic E-state index is 0.327. The van der Waals surface area contributed by atoms with E-state index in [0.29, 0.717) is 6.04 Å². The second kappa shape index (κ2) is 6.11. The highest BCUT2D eigenvalue weighted by Gasteiger charge is 2.09. The fraction of sp³-hybridized carbons (Fsp3) is 0.385. The molecule has 2 aromatic heterocycles. The first kappa shape index (κ1) is 13.2. The molecule has 1 unspecified atom stereocenters. The molecular weight excluding hydrogens is 292 g/mol. The molecule has 0 saturated carbocycles. The number of aromatic nitrogens is 3. The van der Waals surface area contributed by atoms with E-state index in [-0.39, 0.29) is 0 Å². The van der Waals surface area contributed by atoms with Crippen molar-refractivity contribution >= 4 is 15.9 Å². The van der Waals surface area contributed by atoms with Crippen molar-refractivity contribution in [2.24, 2.45) is 0 Å². The van der Waals surface area contributed by atoms with Crippen LogP contribution in [0.5, 0.6) is 0 Å². The van der Waals surface area contributed by atoms with Gasteiger partial charge in [0.05, 0.1) is 28.2 Å². The van der Waals surface area contributed by atoms with Crippen molar-refractivity contribution in [1.82, 2.24) is 20.1 Å². The van der Waals surface area contributed by atoms with E-state index in [4.69, 9.17) is 0 Å². The van der Waals surface area contributed by atoms with Crippen molar-refractivity contribution < 1.29 is 0 Å². The third kappa shape index (κ3) is 2.97. The van der Waals surface area contributed by atoms with E-state index < -0.39 is 0 Å². The SMILES string of the molecule is CCNC(CC)c1ccc(-n2cc(Br)cn2)cn1. The zero-order valence-corrected chi connectivity index (χ0v) is 12.2. The summed E-state index contributed by atoms with van der Waals surface area (Å²) in [5, 5.41) is 7.65. The molecule has 2 rings (SSSR count). The lowest BCUT2D eigenvalue weighted by atomic mass is 10.1. The molecule has 0 aromatic carbocycles. The lowest BCUT2D eigenvalue weighted by molar-refractivity contribution is 0.524. The maximum absolute atomic E-state index is 4.52. The van der Waals surface area contributed by atoms with Crippen molar-refractivity contribution in [2.45, 2.75) is 26.3 Å². The van der Waals surface area contributed by atoms with Crippen LogP contribution in [0.2, 0.25) is 0 Å². The van der Waals surface area contributed by atoms with E-state index >= 15 is 0 Å². The van der Waals surface area contributed by atoms with Gasteiger partial charge in [-0.05, 0) is 41.0 Å². The number of halogens is 1.